The number of rotatable bonds is 5. The first kappa shape index (κ1) is 14.8. The lowest BCUT2D eigenvalue weighted by atomic mass is 10.2. The Hall–Kier alpha value is -1.26. The summed E-state index contributed by atoms with van der Waals surface area (Å²) in [6, 6.07) is 0.303. The molecule has 1 aliphatic rings. The summed E-state index contributed by atoms with van der Waals surface area (Å²) in [4.78, 5) is 24.3. The Morgan fingerprint density at radius 1 is 1.28 bits per heavy atom. The van der Waals surface area contributed by atoms with Gasteiger partial charge in [-0.25, -0.2) is 4.79 Å². The molecule has 0 aromatic rings. The fourth-order valence-electron chi connectivity index (χ4n) is 1.58. The van der Waals surface area contributed by atoms with Crippen LogP contribution < -0.4 is 0 Å². The van der Waals surface area contributed by atoms with Crippen LogP contribution in [-0.4, -0.2) is 41.8 Å². The second-order valence-corrected chi connectivity index (χ2v) is 5.60. The minimum atomic E-state index is -0.472. The highest BCUT2D eigenvalue weighted by molar-refractivity contribution is 5.69. The van der Waals surface area contributed by atoms with Gasteiger partial charge in [-0.2, -0.15) is 0 Å². The summed E-state index contributed by atoms with van der Waals surface area (Å²) in [5, 5.41) is 0. The van der Waals surface area contributed by atoms with E-state index in [0.717, 1.165) is 12.8 Å². The van der Waals surface area contributed by atoms with Crippen molar-refractivity contribution in [2.24, 2.45) is 0 Å². The van der Waals surface area contributed by atoms with Crippen LogP contribution in [0.1, 0.15) is 47.0 Å². The average molecular weight is 257 g/mol. The molecular formula is C13H23NO4. The Morgan fingerprint density at radius 3 is 2.33 bits per heavy atom. The van der Waals surface area contributed by atoms with Crippen molar-refractivity contribution in [1.29, 1.82) is 0 Å². The van der Waals surface area contributed by atoms with E-state index in [1.807, 2.05) is 20.8 Å². The zero-order valence-corrected chi connectivity index (χ0v) is 11.7. The average Bonchev–Trinajstić information content (AvgIpc) is 2.97. The van der Waals surface area contributed by atoms with E-state index < -0.39 is 5.60 Å². The van der Waals surface area contributed by atoms with E-state index in [9.17, 15) is 9.59 Å². The number of amides is 1. The van der Waals surface area contributed by atoms with Gasteiger partial charge in [0.25, 0.3) is 0 Å². The molecule has 0 aliphatic heterocycles. The molecule has 104 valence electrons. The Morgan fingerprint density at radius 2 is 1.89 bits per heavy atom. The number of carbonyl (C=O) groups is 2. The molecule has 0 aromatic heterocycles. The molecule has 0 unspecified atom stereocenters. The van der Waals surface area contributed by atoms with Gasteiger partial charge in [-0.3, -0.25) is 4.79 Å². The summed E-state index contributed by atoms with van der Waals surface area (Å²) < 4.78 is 10.2. The molecule has 5 heteroatoms. The number of esters is 1. The van der Waals surface area contributed by atoms with E-state index in [2.05, 4.69) is 0 Å². The van der Waals surface area contributed by atoms with Gasteiger partial charge in [-0.05, 0) is 40.0 Å². The Bertz CT molecular complexity index is 305. The van der Waals surface area contributed by atoms with Crippen LogP contribution in [0, 0.1) is 0 Å². The van der Waals surface area contributed by atoms with E-state index >= 15 is 0 Å². The maximum absolute atomic E-state index is 12.0. The minimum absolute atomic E-state index is 0.271. The zero-order chi connectivity index (χ0) is 13.8. The van der Waals surface area contributed by atoms with E-state index in [4.69, 9.17) is 9.47 Å². The quantitative estimate of drug-likeness (QED) is 0.560. The standard InChI is InChI=1S/C13H23NO4/c1-10(15)17-9-5-8-14(11-6-7-11)12(16)18-13(2,3)4/h11H,5-9H2,1-4H3. The molecule has 1 aliphatic carbocycles. The second-order valence-electron chi connectivity index (χ2n) is 5.60. The highest BCUT2D eigenvalue weighted by Crippen LogP contribution is 2.28. The van der Waals surface area contributed by atoms with Gasteiger partial charge in [0, 0.05) is 19.5 Å². The molecule has 0 bridgehead atoms. The van der Waals surface area contributed by atoms with Crippen LogP contribution in [0.4, 0.5) is 4.79 Å². The third-order valence-electron chi connectivity index (χ3n) is 2.46. The topological polar surface area (TPSA) is 55.8 Å². The third kappa shape index (κ3) is 5.89. The monoisotopic (exact) mass is 257 g/mol. The molecular weight excluding hydrogens is 234 g/mol. The summed E-state index contributed by atoms with van der Waals surface area (Å²) in [6.45, 7) is 7.87. The van der Waals surface area contributed by atoms with Crippen LogP contribution in [0.3, 0.4) is 0 Å². The van der Waals surface area contributed by atoms with Crippen molar-refractivity contribution in [3.05, 3.63) is 0 Å². The maximum atomic E-state index is 12.0. The van der Waals surface area contributed by atoms with Crippen molar-refractivity contribution in [2.75, 3.05) is 13.2 Å². The highest BCUT2D eigenvalue weighted by Gasteiger charge is 2.34. The van der Waals surface area contributed by atoms with Crippen molar-refractivity contribution < 1.29 is 19.1 Å². The van der Waals surface area contributed by atoms with E-state index in [1.165, 1.54) is 6.92 Å². The molecule has 0 radical (unpaired) electrons. The predicted octanol–water partition coefficient (Wildman–Crippen LogP) is 2.34. The largest absolute Gasteiger partial charge is 0.466 e. The first-order valence-electron chi connectivity index (χ1n) is 6.42. The molecule has 1 saturated carbocycles. The minimum Gasteiger partial charge on any atom is -0.466 e. The second kappa shape index (κ2) is 6.07. The van der Waals surface area contributed by atoms with Crippen molar-refractivity contribution in [2.45, 2.75) is 58.6 Å². The number of carbonyl (C=O) groups excluding carboxylic acids is 2. The zero-order valence-electron chi connectivity index (χ0n) is 11.7. The summed E-state index contributed by atoms with van der Waals surface area (Å²) in [5.74, 6) is -0.287. The number of ether oxygens (including phenoxy) is 2. The van der Waals surface area contributed by atoms with Gasteiger partial charge < -0.3 is 14.4 Å². The molecule has 1 amide bonds. The smallest absolute Gasteiger partial charge is 0.410 e. The summed E-state index contributed by atoms with van der Waals surface area (Å²) in [7, 11) is 0. The Balaban J connectivity index is 2.35. The molecule has 0 N–H and O–H groups in total. The SMILES string of the molecule is CC(=O)OCCCN(C(=O)OC(C)(C)C)C1CC1. The van der Waals surface area contributed by atoms with Gasteiger partial charge in [-0.15, -0.1) is 0 Å². The van der Waals surface area contributed by atoms with E-state index in [1.54, 1.807) is 4.90 Å². The van der Waals surface area contributed by atoms with Gasteiger partial charge in [-0.1, -0.05) is 0 Å². The lowest BCUT2D eigenvalue weighted by molar-refractivity contribution is -0.141. The van der Waals surface area contributed by atoms with Crippen LogP contribution in [0.2, 0.25) is 0 Å². The van der Waals surface area contributed by atoms with Gasteiger partial charge >= 0.3 is 12.1 Å². The van der Waals surface area contributed by atoms with Crippen molar-refractivity contribution in [3.8, 4) is 0 Å². The highest BCUT2D eigenvalue weighted by atomic mass is 16.6. The first-order valence-corrected chi connectivity index (χ1v) is 6.42. The normalized spacial score (nSPS) is 15.1. The number of nitrogens with zero attached hydrogens (tertiary/aromatic N) is 1. The molecule has 0 aromatic carbocycles. The fraction of sp³-hybridized carbons (Fsp3) is 0.846. The predicted molar refractivity (Wildman–Crippen MR) is 67.2 cm³/mol. The van der Waals surface area contributed by atoms with Gasteiger partial charge in [0.05, 0.1) is 6.61 Å². The Labute approximate surface area is 108 Å². The summed E-state index contributed by atoms with van der Waals surface area (Å²) >= 11 is 0. The molecule has 18 heavy (non-hydrogen) atoms. The molecule has 1 rings (SSSR count). The van der Waals surface area contributed by atoms with Gasteiger partial charge in [0.2, 0.25) is 0 Å². The summed E-state index contributed by atoms with van der Waals surface area (Å²) in [5.41, 5.74) is -0.472. The number of hydrogen-bond acceptors (Lipinski definition) is 4. The lowest BCUT2D eigenvalue weighted by Gasteiger charge is -2.27. The van der Waals surface area contributed by atoms with Gasteiger partial charge in [0.15, 0.2) is 0 Å². The summed E-state index contributed by atoms with van der Waals surface area (Å²) in [6.07, 6.45) is 2.45. The van der Waals surface area contributed by atoms with Crippen molar-refractivity contribution in [1.82, 2.24) is 4.90 Å². The van der Waals surface area contributed by atoms with Crippen LogP contribution in [0.5, 0.6) is 0 Å². The van der Waals surface area contributed by atoms with Crippen LogP contribution in [0.15, 0.2) is 0 Å². The molecule has 0 atom stereocenters. The first-order chi connectivity index (χ1) is 8.29. The molecule has 0 heterocycles. The van der Waals surface area contributed by atoms with Crippen LogP contribution >= 0.6 is 0 Å². The van der Waals surface area contributed by atoms with Crippen LogP contribution in [0.25, 0.3) is 0 Å². The van der Waals surface area contributed by atoms with Crippen molar-refractivity contribution >= 4 is 12.1 Å². The fourth-order valence-corrected chi connectivity index (χ4v) is 1.58. The molecule has 5 nitrogen and oxygen atoms in total. The third-order valence-corrected chi connectivity index (χ3v) is 2.46. The lowest BCUT2D eigenvalue weighted by Crippen LogP contribution is -2.39. The maximum Gasteiger partial charge on any atom is 0.410 e. The molecule has 1 fully saturated rings. The van der Waals surface area contributed by atoms with E-state index in [0.29, 0.717) is 25.6 Å². The van der Waals surface area contributed by atoms with Crippen LogP contribution in [-0.2, 0) is 14.3 Å². The van der Waals surface area contributed by atoms with Crippen molar-refractivity contribution in [3.63, 3.8) is 0 Å². The molecule has 0 saturated heterocycles. The van der Waals surface area contributed by atoms with E-state index in [-0.39, 0.29) is 12.1 Å². The molecule has 0 spiro atoms. The number of hydrogen-bond donors (Lipinski definition) is 0. The Kier molecular flexibility index (Phi) is 4.99. The van der Waals surface area contributed by atoms with Gasteiger partial charge in [0.1, 0.15) is 5.60 Å².